The van der Waals surface area contributed by atoms with Gasteiger partial charge in [0.05, 0.1) is 11.0 Å². The Morgan fingerprint density at radius 3 is 2.79 bits per heavy atom. The van der Waals surface area contributed by atoms with Gasteiger partial charge >= 0.3 is 0 Å². The SMILES string of the molecule is C=CC(Nc1ccccn1)c1cccc([N+](=O)[O-])c1. The quantitative estimate of drug-likeness (QED) is 0.505. The molecule has 5 heteroatoms. The lowest BCUT2D eigenvalue weighted by molar-refractivity contribution is -0.384. The van der Waals surface area contributed by atoms with E-state index in [1.54, 1.807) is 18.3 Å². The number of benzene rings is 1. The van der Waals surface area contributed by atoms with Crippen LogP contribution in [0.3, 0.4) is 0 Å². The molecule has 0 saturated heterocycles. The summed E-state index contributed by atoms with van der Waals surface area (Å²) in [6.07, 6.45) is 3.36. The van der Waals surface area contributed by atoms with Crippen LogP contribution in [0, 0.1) is 10.1 Å². The minimum atomic E-state index is -0.412. The van der Waals surface area contributed by atoms with Crippen molar-refractivity contribution in [1.29, 1.82) is 0 Å². The van der Waals surface area contributed by atoms with Crippen molar-refractivity contribution in [3.8, 4) is 0 Å². The van der Waals surface area contributed by atoms with E-state index in [1.807, 2.05) is 24.3 Å². The van der Waals surface area contributed by atoms with Crippen LogP contribution in [0.25, 0.3) is 0 Å². The Morgan fingerprint density at radius 2 is 2.16 bits per heavy atom. The van der Waals surface area contributed by atoms with E-state index in [1.165, 1.54) is 12.1 Å². The fourth-order valence-electron chi connectivity index (χ4n) is 1.72. The molecular formula is C14H13N3O2. The summed E-state index contributed by atoms with van der Waals surface area (Å²) in [5, 5.41) is 13.9. The zero-order valence-corrected chi connectivity index (χ0v) is 10.2. The third-order valence-electron chi connectivity index (χ3n) is 2.64. The molecule has 1 atom stereocenters. The molecule has 1 heterocycles. The standard InChI is InChI=1S/C14H13N3O2/c1-2-13(16-14-8-3-4-9-15-14)11-6-5-7-12(10-11)17(18)19/h2-10,13H,1H2,(H,15,16). The highest BCUT2D eigenvalue weighted by molar-refractivity contribution is 5.43. The molecule has 0 radical (unpaired) electrons. The summed E-state index contributed by atoms with van der Waals surface area (Å²) in [5.74, 6) is 0.693. The van der Waals surface area contributed by atoms with E-state index in [2.05, 4.69) is 16.9 Å². The van der Waals surface area contributed by atoms with E-state index in [4.69, 9.17) is 0 Å². The Labute approximate surface area is 110 Å². The molecule has 0 aliphatic carbocycles. The number of nitro groups is 1. The van der Waals surface area contributed by atoms with Crippen LogP contribution in [-0.4, -0.2) is 9.91 Å². The number of non-ortho nitro benzene ring substituents is 1. The Balaban J connectivity index is 2.24. The van der Waals surface area contributed by atoms with E-state index in [-0.39, 0.29) is 11.7 Å². The third kappa shape index (κ3) is 3.16. The van der Waals surface area contributed by atoms with Gasteiger partial charge in [-0.2, -0.15) is 0 Å². The van der Waals surface area contributed by atoms with Crippen LogP contribution in [0.2, 0.25) is 0 Å². The predicted molar refractivity (Wildman–Crippen MR) is 73.9 cm³/mol. The highest BCUT2D eigenvalue weighted by Gasteiger charge is 2.12. The highest BCUT2D eigenvalue weighted by atomic mass is 16.6. The number of aromatic nitrogens is 1. The molecule has 2 rings (SSSR count). The van der Waals surface area contributed by atoms with Crippen LogP contribution in [0.4, 0.5) is 11.5 Å². The van der Waals surface area contributed by atoms with Gasteiger partial charge in [0.1, 0.15) is 5.82 Å². The Bertz CT molecular complexity index is 584. The largest absolute Gasteiger partial charge is 0.360 e. The maximum Gasteiger partial charge on any atom is 0.269 e. The number of rotatable bonds is 5. The molecule has 0 aliphatic heterocycles. The molecular weight excluding hydrogens is 242 g/mol. The van der Waals surface area contributed by atoms with Crippen molar-refractivity contribution >= 4 is 11.5 Å². The number of nitrogens with zero attached hydrogens (tertiary/aromatic N) is 2. The van der Waals surface area contributed by atoms with E-state index < -0.39 is 4.92 Å². The summed E-state index contributed by atoms with van der Waals surface area (Å²) in [5.41, 5.74) is 0.835. The van der Waals surface area contributed by atoms with Gasteiger partial charge in [-0.1, -0.05) is 24.3 Å². The first-order valence-corrected chi connectivity index (χ1v) is 5.75. The van der Waals surface area contributed by atoms with Crippen LogP contribution >= 0.6 is 0 Å². The van der Waals surface area contributed by atoms with Gasteiger partial charge in [-0.05, 0) is 17.7 Å². The number of anilines is 1. The monoisotopic (exact) mass is 255 g/mol. The van der Waals surface area contributed by atoms with Gasteiger partial charge in [0, 0.05) is 18.3 Å². The van der Waals surface area contributed by atoms with Crippen molar-refractivity contribution in [2.24, 2.45) is 0 Å². The molecule has 1 unspecified atom stereocenters. The van der Waals surface area contributed by atoms with Crippen LogP contribution in [0.1, 0.15) is 11.6 Å². The topological polar surface area (TPSA) is 68.1 Å². The number of pyridine rings is 1. The average molecular weight is 255 g/mol. The van der Waals surface area contributed by atoms with Gasteiger partial charge in [0.15, 0.2) is 0 Å². The minimum absolute atomic E-state index is 0.0622. The molecule has 0 amide bonds. The number of nitrogens with one attached hydrogen (secondary N) is 1. The average Bonchev–Trinajstić information content (AvgIpc) is 2.46. The summed E-state index contributed by atoms with van der Waals surface area (Å²) in [6.45, 7) is 3.75. The summed E-state index contributed by atoms with van der Waals surface area (Å²) in [7, 11) is 0. The van der Waals surface area contributed by atoms with Gasteiger partial charge in [-0.15, -0.1) is 6.58 Å². The van der Waals surface area contributed by atoms with Crippen molar-refractivity contribution < 1.29 is 4.92 Å². The Hall–Kier alpha value is -2.69. The molecule has 1 N–H and O–H groups in total. The summed E-state index contributed by atoms with van der Waals surface area (Å²) >= 11 is 0. The van der Waals surface area contributed by atoms with E-state index in [0.29, 0.717) is 5.82 Å². The van der Waals surface area contributed by atoms with Crippen LogP contribution < -0.4 is 5.32 Å². The molecule has 0 fully saturated rings. The van der Waals surface area contributed by atoms with Crippen molar-refractivity contribution in [2.45, 2.75) is 6.04 Å². The maximum atomic E-state index is 10.8. The molecule has 19 heavy (non-hydrogen) atoms. The maximum absolute atomic E-state index is 10.8. The van der Waals surface area contributed by atoms with Gasteiger partial charge in [-0.25, -0.2) is 4.98 Å². The molecule has 0 bridgehead atoms. The van der Waals surface area contributed by atoms with E-state index in [9.17, 15) is 10.1 Å². The first kappa shape index (κ1) is 12.8. The third-order valence-corrected chi connectivity index (χ3v) is 2.64. The molecule has 96 valence electrons. The van der Waals surface area contributed by atoms with Crippen molar-refractivity contribution in [3.63, 3.8) is 0 Å². The van der Waals surface area contributed by atoms with Gasteiger partial charge in [-0.3, -0.25) is 10.1 Å². The number of nitro benzene ring substituents is 1. The van der Waals surface area contributed by atoms with E-state index in [0.717, 1.165) is 5.56 Å². The lowest BCUT2D eigenvalue weighted by atomic mass is 10.1. The highest BCUT2D eigenvalue weighted by Crippen LogP contribution is 2.22. The summed E-state index contributed by atoms with van der Waals surface area (Å²) in [6, 6.07) is 11.7. The van der Waals surface area contributed by atoms with Crippen molar-refractivity contribution in [2.75, 3.05) is 5.32 Å². The second-order valence-corrected chi connectivity index (χ2v) is 3.92. The second-order valence-electron chi connectivity index (χ2n) is 3.92. The van der Waals surface area contributed by atoms with Crippen molar-refractivity contribution in [3.05, 3.63) is 77.0 Å². The van der Waals surface area contributed by atoms with Gasteiger partial charge in [0.25, 0.3) is 5.69 Å². The predicted octanol–water partition coefficient (Wildman–Crippen LogP) is 3.33. The molecule has 5 nitrogen and oxygen atoms in total. The zero-order chi connectivity index (χ0) is 13.7. The Morgan fingerprint density at radius 1 is 1.32 bits per heavy atom. The minimum Gasteiger partial charge on any atom is -0.360 e. The summed E-state index contributed by atoms with van der Waals surface area (Å²) in [4.78, 5) is 14.5. The molecule has 0 saturated carbocycles. The Kier molecular flexibility index (Phi) is 3.87. The first-order chi connectivity index (χ1) is 9.20. The fraction of sp³-hybridized carbons (Fsp3) is 0.0714. The van der Waals surface area contributed by atoms with Crippen LogP contribution in [0.15, 0.2) is 61.3 Å². The molecule has 1 aromatic carbocycles. The smallest absolute Gasteiger partial charge is 0.269 e. The normalized spacial score (nSPS) is 11.6. The molecule has 2 aromatic rings. The van der Waals surface area contributed by atoms with Crippen LogP contribution in [0.5, 0.6) is 0 Å². The first-order valence-electron chi connectivity index (χ1n) is 5.75. The van der Waals surface area contributed by atoms with Crippen molar-refractivity contribution in [1.82, 2.24) is 4.98 Å². The van der Waals surface area contributed by atoms with Gasteiger partial charge < -0.3 is 5.32 Å². The van der Waals surface area contributed by atoms with Gasteiger partial charge in [0.2, 0.25) is 0 Å². The number of hydrogen-bond acceptors (Lipinski definition) is 4. The summed E-state index contributed by atoms with van der Waals surface area (Å²) < 4.78 is 0. The van der Waals surface area contributed by atoms with E-state index >= 15 is 0 Å². The lowest BCUT2D eigenvalue weighted by Crippen LogP contribution is -2.09. The fourth-order valence-corrected chi connectivity index (χ4v) is 1.72. The molecule has 0 aliphatic rings. The zero-order valence-electron chi connectivity index (χ0n) is 10.2. The second kappa shape index (κ2) is 5.77. The number of hydrogen-bond donors (Lipinski definition) is 1. The molecule has 0 spiro atoms. The lowest BCUT2D eigenvalue weighted by Gasteiger charge is -2.15. The molecule has 1 aromatic heterocycles. The van der Waals surface area contributed by atoms with Crippen LogP contribution in [-0.2, 0) is 0 Å².